The second-order valence-corrected chi connectivity index (χ2v) is 7.35. The molecule has 0 radical (unpaired) electrons. The fraction of sp³-hybridized carbons (Fsp3) is 0.417. The molecule has 1 aliphatic rings. The average Bonchev–Trinajstić information content (AvgIpc) is 2.77. The van der Waals surface area contributed by atoms with Crippen molar-refractivity contribution >= 4 is 17.5 Å². The minimum atomic E-state index is -0.188. The van der Waals surface area contributed by atoms with Crippen LogP contribution < -0.4 is 19.7 Å². The second-order valence-electron chi connectivity index (χ2n) is 7.35. The Morgan fingerprint density at radius 1 is 1.13 bits per heavy atom. The average molecular weight is 411 g/mol. The van der Waals surface area contributed by atoms with Crippen LogP contribution in [-0.4, -0.2) is 38.6 Å². The van der Waals surface area contributed by atoms with E-state index in [1.54, 1.807) is 19.2 Å². The van der Waals surface area contributed by atoms with Gasteiger partial charge in [-0.2, -0.15) is 0 Å². The van der Waals surface area contributed by atoms with Gasteiger partial charge in [-0.05, 0) is 62.4 Å². The van der Waals surface area contributed by atoms with Crippen molar-refractivity contribution in [3.8, 4) is 11.5 Å². The summed E-state index contributed by atoms with van der Waals surface area (Å²) in [6, 6.07) is 11.1. The van der Waals surface area contributed by atoms with E-state index in [4.69, 9.17) is 9.47 Å². The van der Waals surface area contributed by atoms with Crippen molar-refractivity contribution < 1.29 is 19.1 Å². The first kappa shape index (κ1) is 21.7. The molecule has 0 unspecified atom stereocenters. The van der Waals surface area contributed by atoms with E-state index in [0.29, 0.717) is 43.9 Å². The van der Waals surface area contributed by atoms with Crippen LogP contribution in [0.3, 0.4) is 0 Å². The number of ether oxygens (including phenoxy) is 2. The number of anilines is 1. The predicted molar refractivity (Wildman–Crippen MR) is 118 cm³/mol. The zero-order chi connectivity index (χ0) is 21.5. The zero-order valence-electron chi connectivity index (χ0n) is 18.0. The molecule has 160 valence electrons. The molecule has 2 aromatic rings. The summed E-state index contributed by atoms with van der Waals surface area (Å²) in [4.78, 5) is 27.2. The van der Waals surface area contributed by atoms with E-state index in [-0.39, 0.29) is 11.8 Å². The van der Waals surface area contributed by atoms with E-state index in [9.17, 15) is 9.59 Å². The van der Waals surface area contributed by atoms with Crippen LogP contribution in [0.2, 0.25) is 0 Å². The SMILES string of the molecule is CCOc1ccccc1C(=O)NCCCC(=O)N1CCCc2c(C)ccc(OC)c21. The number of nitrogens with zero attached hydrogens (tertiary/aromatic N) is 1. The molecule has 2 amide bonds. The van der Waals surface area contributed by atoms with Crippen molar-refractivity contribution in [1.29, 1.82) is 0 Å². The molecular formula is C24H30N2O4. The molecule has 0 atom stereocenters. The monoisotopic (exact) mass is 410 g/mol. The van der Waals surface area contributed by atoms with Crippen molar-refractivity contribution in [2.24, 2.45) is 0 Å². The van der Waals surface area contributed by atoms with Gasteiger partial charge in [0.15, 0.2) is 0 Å². The molecule has 30 heavy (non-hydrogen) atoms. The number of methoxy groups -OCH3 is 1. The maximum absolute atomic E-state index is 12.9. The second kappa shape index (κ2) is 10.1. The number of aryl methyl sites for hydroxylation is 1. The lowest BCUT2D eigenvalue weighted by Gasteiger charge is -2.32. The van der Waals surface area contributed by atoms with Crippen molar-refractivity contribution in [1.82, 2.24) is 5.32 Å². The summed E-state index contributed by atoms with van der Waals surface area (Å²) in [6.07, 6.45) is 2.83. The summed E-state index contributed by atoms with van der Waals surface area (Å²) >= 11 is 0. The van der Waals surface area contributed by atoms with Gasteiger partial charge in [-0.15, -0.1) is 0 Å². The van der Waals surface area contributed by atoms with Gasteiger partial charge in [0.25, 0.3) is 5.91 Å². The normalized spacial score (nSPS) is 12.8. The fourth-order valence-corrected chi connectivity index (χ4v) is 3.87. The minimum absolute atomic E-state index is 0.0591. The van der Waals surface area contributed by atoms with Crippen LogP contribution in [0.5, 0.6) is 11.5 Å². The van der Waals surface area contributed by atoms with Gasteiger partial charge in [-0.1, -0.05) is 18.2 Å². The van der Waals surface area contributed by atoms with Crippen molar-refractivity contribution in [2.75, 3.05) is 31.7 Å². The molecule has 0 saturated heterocycles. The van der Waals surface area contributed by atoms with Crippen molar-refractivity contribution in [3.63, 3.8) is 0 Å². The molecule has 2 aromatic carbocycles. The Morgan fingerprint density at radius 2 is 1.93 bits per heavy atom. The summed E-state index contributed by atoms with van der Waals surface area (Å²) in [6.45, 7) is 5.58. The molecule has 0 bridgehead atoms. The highest BCUT2D eigenvalue weighted by Gasteiger charge is 2.26. The lowest BCUT2D eigenvalue weighted by atomic mass is 9.96. The minimum Gasteiger partial charge on any atom is -0.495 e. The summed E-state index contributed by atoms with van der Waals surface area (Å²) in [7, 11) is 1.64. The molecule has 1 aliphatic heterocycles. The van der Waals surface area contributed by atoms with Gasteiger partial charge >= 0.3 is 0 Å². The van der Waals surface area contributed by atoms with Crippen LogP contribution in [0.1, 0.15) is 47.7 Å². The third-order valence-electron chi connectivity index (χ3n) is 5.36. The number of carbonyl (C=O) groups is 2. The Labute approximate surface area is 178 Å². The van der Waals surface area contributed by atoms with E-state index in [2.05, 4.69) is 12.2 Å². The Kier molecular flexibility index (Phi) is 7.33. The molecule has 0 saturated carbocycles. The topological polar surface area (TPSA) is 67.9 Å². The summed E-state index contributed by atoms with van der Waals surface area (Å²) < 4.78 is 11.0. The van der Waals surface area contributed by atoms with Gasteiger partial charge in [0.2, 0.25) is 5.91 Å². The molecule has 6 heteroatoms. The first-order chi connectivity index (χ1) is 14.6. The maximum Gasteiger partial charge on any atom is 0.255 e. The molecule has 1 heterocycles. The highest BCUT2D eigenvalue weighted by Crippen LogP contribution is 2.38. The maximum atomic E-state index is 12.9. The van der Waals surface area contributed by atoms with Crippen LogP contribution in [0.25, 0.3) is 0 Å². The van der Waals surface area contributed by atoms with E-state index in [1.807, 2.05) is 36.1 Å². The van der Waals surface area contributed by atoms with Gasteiger partial charge in [0.05, 0.1) is 25.0 Å². The number of carbonyl (C=O) groups excluding carboxylic acids is 2. The van der Waals surface area contributed by atoms with Crippen LogP contribution in [-0.2, 0) is 11.2 Å². The van der Waals surface area contributed by atoms with Crippen LogP contribution >= 0.6 is 0 Å². The van der Waals surface area contributed by atoms with Gasteiger partial charge in [-0.3, -0.25) is 9.59 Å². The Bertz CT molecular complexity index is 910. The zero-order valence-corrected chi connectivity index (χ0v) is 18.0. The smallest absolute Gasteiger partial charge is 0.255 e. The quantitative estimate of drug-likeness (QED) is 0.671. The van der Waals surface area contributed by atoms with Crippen LogP contribution in [0, 0.1) is 6.92 Å². The molecule has 1 N–H and O–H groups in total. The predicted octanol–water partition coefficient (Wildman–Crippen LogP) is 3.89. The fourth-order valence-electron chi connectivity index (χ4n) is 3.87. The number of nitrogens with one attached hydrogen (secondary N) is 1. The molecule has 6 nitrogen and oxygen atoms in total. The highest BCUT2D eigenvalue weighted by molar-refractivity contribution is 5.97. The molecule has 0 fully saturated rings. The third-order valence-corrected chi connectivity index (χ3v) is 5.36. The molecule has 0 aliphatic carbocycles. The lowest BCUT2D eigenvalue weighted by molar-refractivity contribution is -0.118. The largest absolute Gasteiger partial charge is 0.495 e. The number of amides is 2. The van der Waals surface area contributed by atoms with Gasteiger partial charge in [0, 0.05) is 19.5 Å². The summed E-state index contributed by atoms with van der Waals surface area (Å²) in [5.74, 6) is 1.18. The van der Waals surface area contributed by atoms with E-state index in [0.717, 1.165) is 24.3 Å². The lowest BCUT2D eigenvalue weighted by Crippen LogP contribution is -2.36. The van der Waals surface area contributed by atoms with Gasteiger partial charge < -0.3 is 19.7 Å². The number of fused-ring (bicyclic) bond motifs is 1. The Morgan fingerprint density at radius 3 is 2.70 bits per heavy atom. The Hall–Kier alpha value is -3.02. The number of hydrogen-bond acceptors (Lipinski definition) is 4. The number of rotatable bonds is 8. The Balaban J connectivity index is 1.58. The van der Waals surface area contributed by atoms with E-state index >= 15 is 0 Å². The van der Waals surface area contributed by atoms with E-state index < -0.39 is 0 Å². The van der Waals surface area contributed by atoms with Crippen molar-refractivity contribution in [2.45, 2.75) is 39.5 Å². The first-order valence-corrected chi connectivity index (χ1v) is 10.5. The van der Waals surface area contributed by atoms with Gasteiger partial charge in [-0.25, -0.2) is 0 Å². The van der Waals surface area contributed by atoms with Crippen molar-refractivity contribution in [3.05, 3.63) is 53.1 Å². The first-order valence-electron chi connectivity index (χ1n) is 10.5. The molecular weight excluding hydrogens is 380 g/mol. The van der Waals surface area contributed by atoms with Crippen LogP contribution in [0.4, 0.5) is 5.69 Å². The summed E-state index contributed by atoms with van der Waals surface area (Å²) in [5.41, 5.74) is 3.79. The standard InChI is InChI=1S/C24H30N2O4/c1-4-30-20-11-6-5-9-19(20)24(28)25-15-7-12-22(27)26-16-8-10-18-17(2)13-14-21(29-3)23(18)26/h5-6,9,11,13-14H,4,7-8,10,12,15-16H2,1-3H3,(H,25,28). The molecule has 0 spiro atoms. The number of benzene rings is 2. The summed E-state index contributed by atoms with van der Waals surface area (Å²) in [5, 5.41) is 2.89. The third kappa shape index (κ3) is 4.75. The molecule has 0 aromatic heterocycles. The number of hydrogen-bond donors (Lipinski definition) is 1. The van der Waals surface area contributed by atoms with Gasteiger partial charge in [0.1, 0.15) is 11.5 Å². The van der Waals surface area contributed by atoms with Crippen LogP contribution in [0.15, 0.2) is 36.4 Å². The van der Waals surface area contributed by atoms with E-state index in [1.165, 1.54) is 11.1 Å². The molecule has 3 rings (SSSR count). The highest BCUT2D eigenvalue weighted by atomic mass is 16.5. The number of para-hydroxylation sites is 1.